The van der Waals surface area contributed by atoms with Crippen LogP contribution >= 0.6 is 11.9 Å². The third-order valence-electron chi connectivity index (χ3n) is 2.13. The lowest BCUT2D eigenvalue weighted by molar-refractivity contribution is 0.200. The molecule has 0 atom stereocenters. The van der Waals surface area contributed by atoms with E-state index in [4.69, 9.17) is 5.26 Å². The second-order valence-electron chi connectivity index (χ2n) is 2.86. The van der Waals surface area contributed by atoms with Gasteiger partial charge in [-0.2, -0.15) is 5.26 Å². The van der Waals surface area contributed by atoms with Crippen molar-refractivity contribution in [1.29, 1.82) is 5.26 Å². The highest BCUT2D eigenvalue weighted by Gasteiger charge is 2.14. The first-order valence-corrected chi connectivity index (χ1v) is 5.43. The predicted octanol–water partition coefficient (Wildman–Crippen LogP) is 0.796. The van der Waals surface area contributed by atoms with Gasteiger partial charge in [0.15, 0.2) is 0 Å². The molecule has 0 aliphatic carbocycles. The van der Waals surface area contributed by atoms with Crippen molar-refractivity contribution in [3.05, 3.63) is 0 Å². The Morgan fingerprint density at radius 3 is 2.50 bits per heavy atom. The maximum atomic E-state index is 8.40. The molecule has 68 valence electrons. The van der Waals surface area contributed by atoms with Crippen LogP contribution in [0.2, 0.25) is 0 Å². The number of piperazine rings is 1. The zero-order valence-electron chi connectivity index (χ0n) is 7.49. The average Bonchev–Trinajstić information content (AvgIpc) is 2.15. The molecule has 1 heterocycles. The molecule has 0 aromatic rings. The molecule has 1 saturated heterocycles. The first-order valence-electron chi connectivity index (χ1n) is 4.25. The Kier molecular flexibility index (Phi) is 4.44. The Morgan fingerprint density at radius 1 is 1.33 bits per heavy atom. The molecule has 12 heavy (non-hydrogen) atoms. The van der Waals surface area contributed by atoms with E-state index < -0.39 is 0 Å². The van der Waals surface area contributed by atoms with Gasteiger partial charge in [0.2, 0.25) is 0 Å². The Hall–Kier alpha value is -0.240. The Balaban J connectivity index is 2.14. The summed E-state index contributed by atoms with van der Waals surface area (Å²) in [6.45, 7) is 5.43. The van der Waals surface area contributed by atoms with Crippen LogP contribution < -0.4 is 0 Å². The summed E-state index contributed by atoms with van der Waals surface area (Å²) >= 11 is 1.81. The third-order valence-corrected chi connectivity index (χ3v) is 3.01. The molecule has 1 fully saturated rings. The summed E-state index contributed by atoms with van der Waals surface area (Å²) < 4.78 is 2.36. The fourth-order valence-corrected chi connectivity index (χ4v) is 1.87. The van der Waals surface area contributed by atoms with E-state index in [2.05, 4.69) is 21.5 Å². The van der Waals surface area contributed by atoms with Crippen molar-refractivity contribution in [2.45, 2.75) is 6.42 Å². The van der Waals surface area contributed by atoms with Crippen LogP contribution in [-0.4, -0.2) is 48.2 Å². The van der Waals surface area contributed by atoms with Crippen LogP contribution in [0, 0.1) is 11.3 Å². The minimum atomic E-state index is 0.666. The van der Waals surface area contributed by atoms with E-state index in [1.54, 1.807) is 0 Å². The van der Waals surface area contributed by atoms with E-state index in [0.29, 0.717) is 6.42 Å². The smallest absolute Gasteiger partial charge is 0.0635 e. The molecule has 4 heteroatoms. The van der Waals surface area contributed by atoms with Crippen LogP contribution in [0.3, 0.4) is 0 Å². The molecular formula is C8H15N3S. The number of nitriles is 1. The van der Waals surface area contributed by atoms with Crippen LogP contribution in [0.25, 0.3) is 0 Å². The minimum absolute atomic E-state index is 0.666. The maximum absolute atomic E-state index is 8.40. The summed E-state index contributed by atoms with van der Waals surface area (Å²) in [5, 5.41) is 8.40. The lowest BCUT2D eigenvalue weighted by Crippen LogP contribution is -2.43. The summed E-state index contributed by atoms with van der Waals surface area (Å²) in [6.07, 6.45) is 2.78. The van der Waals surface area contributed by atoms with Gasteiger partial charge in [-0.05, 0) is 6.26 Å². The molecule has 0 aromatic heterocycles. The maximum Gasteiger partial charge on any atom is 0.0635 e. The van der Waals surface area contributed by atoms with Gasteiger partial charge in [0.25, 0.3) is 0 Å². The van der Waals surface area contributed by atoms with Crippen molar-refractivity contribution >= 4 is 11.9 Å². The van der Waals surface area contributed by atoms with Gasteiger partial charge in [-0.1, -0.05) is 11.9 Å². The van der Waals surface area contributed by atoms with Crippen LogP contribution in [0.4, 0.5) is 0 Å². The Bertz CT molecular complexity index is 158. The second-order valence-corrected chi connectivity index (χ2v) is 3.74. The van der Waals surface area contributed by atoms with E-state index in [9.17, 15) is 0 Å². The molecule has 0 aromatic carbocycles. The highest BCUT2D eigenvalue weighted by molar-refractivity contribution is 7.96. The summed E-state index contributed by atoms with van der Waals surface area (Å²) in [6, 6.07) is 2.18. The van der Waals surface area contributed by atoms with Crippen molar-refractivity contribution in [2.75, 3.05) is 39.0 Å². The molecule has 3 nitrogen and oxygen atoms in total. The molecule has 0 bridgehead atoms. The van der Waals surface area contributed by atoms with Crippen LogP contribution in [0.1, 0.15) is 6.42 Å². The van der Waals surface area contributed by atoms with Gasteiger partial charge in [-0.15, -0.1) is 0 Å². The highest BCUT2D eigenvalue weighted by Crippen LogP contribution is 2.09. The molecule has 1 rings (SSSR count). The summed E-state index contributed by atoms with van der Waals surface area (Å²) in [7, 11) is 0. The van der Waals surface area contributed by atoms with Crippen LogP contribution in [0.15, 0.2) is 0 Å². The quantitative estimate of drug-likeness (QED) is 0.608. The monoisotopic (exact) mass is 185 g/mol. The van der Waals surface area contributed by atoms with Gasteiger partial charge in [-0.25, -0.2) is 4.31 Å². The molecular weight excluding hydrogens is 170 g/mol. The fourth-order valence-electron chi connectivity index (χ4n) is 1.34. The van der Waals surface area contributed by atoms with E-state index >= 15 is 0 Å². The fraction of sp³-hybridized carbons (Fsp3) is 0.875. The van der Waals surface area contributed by atoms with Gasteiger partial charge in [0, 0.05) is 39.1 Å². The molecule has 0 radical (unpaired) electrons. The SMILES string of the molecule is CSN1CCN(CCC#N)CC1. The van der Waals surface area contributed by atoms with Crippen molar-refractivity contribution in [2.24, 2.45) is 0 Å². The molecule has 0 saturated carbocycles. The highest BCUT2D eigenvalue weighted by atomic mass is 32.2. The first kappa shape index (κ1) is 9.85. The molecule has 1 aliphatic heterocycles. The van der Waals surface area contributed by atoms with Crippen molar-refractivity contribution < 1.29 is 0 Å². The van der Waals surface area contributed by atoms with E-state index in [0.717, 1.165) is 32.7 Å². The summed E-state index contributed by atoms with van der Waals surface area (Å²) in [5.41, 5.74) is 0. The lowest BCUT2D eigenvalue weighted by atomic mass is 10.3. The van der Waals surface area contributed by atoms with Crippen molar-refractivity contribution in [3.63, 3.8) is 0 Å². The number of rotatable bonds is 3. The molecule has 0 amide bonds. The van der Waals surface area contributed by atoms with E-state index in [1.165, 1.54) is 0 Å². The van der Waals surface area contributed by atoms with E-state index in [-0.39, 0.29) is 0 Å². The first-order chi connectivity index (χ1) is 5.86. The number of hydrogen-bond acceptors (Lipinski definition) is 4. The topological polar surface area (TPSA) is 30.3 Å². The summed E-state index contributed by atoms with van der Waals surface area (Å²) in [4.78, 5) is 2.36. The Labute approximate surface area is 78.5 Å². The molecule has 0 unspecified atom stereocenters. The van der Waals surface area contributed by atoms with Gasteiger partial charge >= 0.3 is 0 Å². The third kappa shape index (κ3) is 3.02. The molecule has 1 aliphatic rings. The zero-order chi connectivity index (χ0) is 8.81. The van der Waals surface area contributed by atoms with Gasteiger partial charge in [0.1, 0.15) is 0 Å². The largest absolute Gasteiger partial charge is 0.300 e. The standard InChI is InChI=1S/C8H15N3S/c1-12-11-7-5-10(6-8-11)4-2-3-9/h2,4-8H2,1H3. The van der Waals surface area contributed by atoms with Gasteiger partial charge in [0.05, 0.1) is 6.07 Å². The van der Waals surface area contributed by atoms with Gasteiger partial charge in [-0.3, -0.25) is 4.90 Å². The van der Waals surface area contributed by atoms with E-state index in [1.807, 2.05) is 11.9 Å². The zero-order valence-corrected chi connectivity index (χ0v) is 8.31. The molecule has 0 spiro atoms. The number of nitrogens with zero attached hydrogens (tertiary/aromatic N) is 3. The van der Waals surface area contributed by atoms with Crippen LogP contribution in [-0.2, 0) is 0 Å². The second kappa shape index (κ2) is 5.41. The van der Waals surface area contributed by atoms with Crippen molar-refractivity contribution in [1.82, 2.24) is 9.21 Å². The minimum Gasteiger partial charge on any atom is -0.300 e. The summed E-state index contributed by atoms with van der Waals surface area (Å²) in [5.74, 6) is 0. The molecule has 0 N–H and O–H groups in total. The average molecular weight is 185 g/mol. The van der Waals surface area contributed by atoms with Gasteiger partial charge < -0.3 is 0 Å². The van der Waals surface area contributed by atoms with Crippen LogP contribution in [0.5, 0.6) is 0 Å². The number of hydrogen-bond donors (Lipinski definition) is 0. The Morgan fingerprint density at radius 2 is 2.00 bits per heavy atom. The van der Waals surface area contributed by atoms with Crippen molar-refractivity contribution in [3.8, 4) is 6.07 Å². The lowest BCUT2D eigenvalue weighted by Gasteiger charge is -2.32. The predicted molar refractivity (Wildman–Crippen MR) is 51.8 cm³/mol. The normalized spacial score (nSPS) is 20.7.